The maximum Gasteiger partial charge on any atom is 0.280 e. The number of halogens is 1. The van der Waals surface area contributed by atoms with Gasteiger partial charge in [0.15, 0.2) is 17.1 Å². The highest BCUT2D eigenvalue weighted by Crippen LogP contribution is 2.35. The van der Waals surface area contributed by atoms with Crippen molar-refractivity contribution in [3.05, 3.63) is 51.3 Å². The van der Waals surface area contributed by atoms with Crippen molar-refractivity contribution in [3.63, 3.8) is 0 Å². The fourth-order valence-electron chi connectivity index (χ4n) is 5.09. The molecule has 0 fully saturated rings. The first-order valence-electron chi connectivity index (χ1n) is 12.5. The second-order valence-corrected chi connectivity index (χ2v) is 9.34. The molecule has 0 saturated carbocycles. The maximum absolute atomic E-state index is 14.0. The van der Waals surface area contributed by atoms with Crippen LogP contribution in [0, 0.1) is 5.82 Å². The number of benzene rings is 1. The molecule has 2 aliphatic heterocycles. The molecule has 11 heteroatoms. The van der Waals surface area contributed by atoms with E-state index in [1.54, 1.807) is 27.5 Å². The Hall–Kier alpha value is -3.89. The van der Waals surface area contributed by atoms with Crippen molar-refractivity contribution >= 4 is 22.7 Å². The summed E-state index contributed by atoms with van der Waals surface area (Å²) in [5.41, 5.74) is 0.655. The molecule has 2 amide bonds. The number of rotatable bonds is 2. The van der Waals surface area contributed by atoms with Gasteiger partial charge in [-0.3, -0.25) is 14.4 Å². The summed E-state index contributed by atoms with van der Waals surface area (Å²) in [7, 11) is 3.11. The molecular weight excluding hydrogens is 481 g/mol. The quantitative estimate of drug-likeness (QED) is 0.524. The van der Waals surface area contributed by atoms with Crippen molar-refractivity contribution < 1.29 is 23.5 Å². The van der Waals surface area contributed by atoms with Crippen molar-refractivity contribution in [2.24, 2.45) is 0 Å². The number of carbonyl (C=O) groups excluding carboxylic acids is 2. The minimum absolute atomic E-state index is 0.0485. The molecule has 0 aliphatic carbocycles. The van der Waals surface area contributed by atoms with E-state index in [0.29, 0.717) is 49.6 Å². The molecule has 3 aromatic rings. The lowest BCUT2D eigenvalue weighted by atomic mass is 10.1. The summed E-state index contributed by atoms with van der Waals surface area (Å²) in [5.74, 6) is -0.603. The summed E-state index contributed by atoms with van der Waals surface area (Å²) in [4.78, 5) is 44.1. The molecule has 10 nitrogen and oxygen atoms in total. The highest BCUT2D eigenvalue weighted by Gasteiger charge is 2.36. The standard InChI is InChI=1S/C26H30FN5O5/c1-4-30-11-12-31-21-19(23(36-3)22(31)26(30)35)24(33)32-15-16-8-9-17(27)14-18(16)37-13-7-5-6-10-29(2)25(34)20(21)28-32/h8-9,14H,4-7,10-13,15H2,1-3H3. The zero-order valence-electron chi connectivity index (χ0n) is 21.3. The van der Waals surface area contributed by atoms with Gasteiger partial charge in [-0.2, -0.15) is 5.10 Å². The molecule has 2 bridgehead atoms. The number of methoxy groups -OCH3 is 1. The fourth-order valence-corrected chi connectivity index (χ4v) is 5.09. The topological polar surface area (TPSA) is 98.9 Å². The van der Waals surface area contributed by atoms with E-state index in [4.69, 9.17) is 9.47 Å². The molecule has 1 aromatic carbocycles. The summed E-state index contributed by atoms with van der Waals surface area (Å²) in [6.45, 7) is 4.06. The highest BCUT2D eigenvalue weighted by atomic mass is 19.1. The van der Waals surface area contributed by atoms with Crippen LogP contribution >= 0.6 is 0 Å². The molecule has 4 heterocycles. The second kappa shape index (κ2) is 9.87. The Morgan fingerprint density at radius 1 is 1.08 bits per heavy atom. The van der Waals surface area contributed by atoms with Crippen molar-refractivity contribution in [2.45, 2.75) is 39.3 Å². The van der Waals surface area contributed by atoms with Gasteiger partial charge in [-0.05, 0) is 32.3 Å². The number of ether oxygens (including phenoxy) is 2. The van der Waals surface area contributed by atoms with Crippen molar-refractivity contribution in [1.82, 2.24) is 24.1 Å². The Kier molecular flexibility index (Phi) is 6.61. The highest BCUT2D eigenvalue weighted by molar-refractivity contribution is 6.10. The van der Waals surface area contributed by atoms with E-state index in [0.717, 1.165) is 19.3 Å². The molecule has 0 saturated heterocycles. The Morgan fingerprint density at radius 3 is 2.65 bits per heavy atom. The molecule has 0 spiro atoms. The van der Waals surface area contributed by atoms with Crippen LogP contribution in [0.15, 0.2) is 23.0 Å². The Labute approximate surface area is 213 Å². The van der Waals surface area contributed by atoms with Gasteiger partial charge in [-0.1, -0.05) is 6.07 Å². The molecule has 0 radical (unpaired) electrons. The number of amides is 2. The van der Waals surface area contributed by atoms with Gasteiger partial charge in [0, 0.05) is 44.9 Å². The Morgan fingerprint density at radius 2 is 1.89 bits per heavy atom. The number of hydrogen-bond acceptors (Lipinski definition) is 6. The molecule has 5 rings (SSSR count). The van der Waals surface area contributed by atoms with Crippen LogP contribution < -0.4 is 15.0 Å². The van der Waals surface area contributed by atoms with Crippen LogP contribution in [0.1, 0.15) is 52.7 Å². The van der Waals surface area contributed by atoms with Gasteiger partial charge in [0.1, 0.15) is 17.0 Å². The van der Waals surface area contributed by atoms with Crippen LogP contribution in [0.4, 0.5) is 4.39 Å². The van der Waals surface area contributed by atoms with Gasteiger partial charge in [0.25, 0.3) is 17.4 Å². The first kappa shape index (κ1) is 24.8. The van der Waals surface area contributed by atoms with Gasteiger partial charge in [0.2, 0.25) is 0 Å². The molecule has 0 N–H and O–H groups in total. The normalized spacial score (nSPS) is 16.8. The fraction of sp³-hybridized carbons (Fsp3) is 0.462. The van der Waals surface area contributed by atoms with E-state index in [-0.39, 0.29) is 40.9 Å². The average molecular weight is 512 g/mol. The molecule has 2 aromatic heterocycles. The molecule has 2 aliphatic rings. The van der Waals surface area contributed by atoms with Gasteiger partial charge >= 0.3 is 0 Å². The summed E-state index contributed by atoms with van der Waals surface area (Å²) in [6.07, 6.45) is 2.30. The zero-order chi connectivity index (χ0) is 26.3. The van der Waals surface area contributed by atoms with Crippen molar-refractivity contribution in [3.8, 4) is 11.5 Å². The van der Waals surface area contributed by atoms with Crippen molar-refractivity contribution in [2.75, 3.05) is 40.4 Å². The van der Waals surface area contributed by atoms with E-state index in [2.05, 4.69) is 5.10 Å². The number of fused-ring (bicyclic) bond motifs is 7. The minimum Gasteiger partial charge on any atom is -0.493 e. The Bertz CT molecular complexity index is 1450. The number of nitrogens with zero attached hydrogens (tertiary/aromatic N) is 5. The monoisotopic (exact) mass is 511 g/mol. The smallest absolute Gasteiger partial charge is 0.280 e. The van der Waals surface area contributed by atoms with E-state index >= 15 is 0 Å². The van der Waals surface area contributed by atoms with Crippen molar-refractivity contribution in [1.29, 1.82) is 0 Å². The van der Waals surface area contributed by atoms with Gasteiger partial charge in [-0.25, -0.2) is 9.07 Å². The van der Waals surface area contributed by atoms with Crippen LogP contribution in [0.5, 0.6) is 11.5 Å². The lowest BCUT2D eigenvalue weighted by Gasteiger charge is -2.28. The number of likely N-dealkylation sites (N-methyl/N-ethyl adjacent to an activating group) is 1. The zero-order valence-corrected chi connectivity index (χ0v) is 21.3. The largest absolute Gasteiger partial charge is 0.493 e. The van der Waals surface area contributed by atoms with Crippen LogP contribution in [-0.4, -0.2) is 76.4 Å². The predicted octanol–water partition coefficient (Wildman–Crippen LogP) is 2.50. The van der Waals surface area contributed by atoms with Crippen LogP contribution in [0.2, 0.25) is 0 Å². The third-order valence-corrected chi connectivity index (χ3v) is 7.08. The van der Waals surface area contributed by atoms with Gasteiger partial charge in [-0.15, -0.1) is 0 Å². The average Bonchev–Trinajstić information content (AvgIpc) is 3.23. The third-order valence-electron chi connectivity index (χ3n) is 7.08. The maximum atomic E-state index is 14.0. The van der Waals surface area contributed by atoms with Crippen LogP contribution in [-0.2, 0) is 13.1 Å². The van der Waals surface area contributed by atoms with E-state index in [9.17, 15) is 18.8 Å². The first-order chi connectivity index (χ1) is 17.8. The van der Waals surface area contributed by atoms with Gasteiger partial charge in [0.05, 0.1) is 25.8 Å². The summed E-state index contributed by atoms with van der Waals surface area (Å²) in [5, 5.41) is 4.65. The first-order valence-corrected chi connectivity index (χ1v) is 12.5. The molecule has 0 atom stereocenters. The second-order valence-electron chi connectivity index (χ2n) is 9.34. The number of carbonyl (C=O) groups is 2. The Balaban J connectivity index is 1.80. The van der Waals surface area contributed by atoms with E-state index in [1.807, 2.05) is 6.92 Å². The lowest BCUT2D eigenvalue weighted by molar-refractivity contribution is 0.0709. The van der Waals surface area contributed by atoms with Gasteiger partial charge < -0.3 is 23.8 Å². The summed E-state index contributed by atoms with van der Waals surface area (Å²) in [6, 6.07) is 4.14. The molecule has 196 valence electrons. The predicted molar refractivity (Wildman–Crippen MR) is 134 cm³/mol. The van der Waals surface area contributed by atoms with E-state index in [1.165, 1.54) is 23.9 Å². The molecule has 37 heavy (non-hydrogen) atoms. The SMILES string of the molecule is CCN1CCn2c(c(OC)c3c(=O)n4nc(c32)C(=O)N(C)CCCCCOc2cc(F)ccc2C4)C1=O. The molecular formula is C26H30FN5O5. The molecule has 0 unspecified atom stereocenters. The van der Waals surface area contributed by atoms with Crippen LogP contribution in [0.3, 0.4) is 0 Å². The summed E-state index contributed by atoms with van der Waals surface area (Å²) < 4.78 is 28.4. The summed E-state index contributed by atoms with van der Waals surface area (Å²) >= 11 is 0. The lowest BCUT2D eigenvalue weighted by Crippen LogP contribution is -2.40. The third kappa shape index (κ3) is 4.21. The van der Waals surface area contributed by atoms with E-state index < -0.39 is 11.4 Å². The number of hydrogen-bond donors (Lipinski definition) is 0. The van der Waals surface area contributed by atoms with Crippen LogP contribution in [0.25, 0.3) is 10.9 Å². The number of aromatic nitrogens is 3. The minimum atomic E-state index is -0.508.